The van der Waals surface area contributed by atoms with E-state index in [1.165, 1.54) is 11.8 Å². The first-order valence-corrected chi connectivity index (χ1v) is 8.95. The summed E-state index contributed by atoms with van der Waals surface area (Å²) in [5, 5.41) is 2.81. The average Bonchev–Trinajstić information content (AvgIpc) is 2.62. The van der Waals surface area contributed by atoms with Crippen molar-refractivity contribution in [3.8, 4) is 0 Å². The summed E-state index contributed by atoms with van der Waals surface area (Å²) in [5.74, 6) is 0.633. The van der Waals surface area contributed by atoms with Gasteiger partial charge in [0.05, 0.1) is 22.8 Å². The number of pyridine rings is 1. The topological polar surface area (TPSA) is 102 Å². The lowest BCUT2D eigenvalue weighted by atomic mass is 10.0. The molecule has 1 amide bonds. The third kappa shape index (κ3) is 4.11. The largest absolute Gasteiger partial charge is 0.384 e. The smallest absolute Gasteiger partial charge is 0.230 e. The van der Waals surface area contributed by atoms with E-state index < -0.39 is 15.4 Å². The van der Waals surface area contributed by atoms with E-state index in [2.05, 4.69) is 10.3 Å². The number of anilines is 1. The van der Waals surface area contributed by atoms with Crippen molar-refractivity contribution in [3.63, 3.8) is 0 Å². The van der Waals surface area contributed by atoms with E-state index in [9.17, 15) is 13.2 Å². The summed E-state index contributed by atoms with van der Waals surface area (Å²) in [7, 11) is -3.02. The molecule has 1 aliphatic heterocycles. The second kappa shape index (κ2) is 5.61. The van der Waals surface area contributed by atoms with Gasteiger partial charge in [0.2, 0.25) is 5.91 Å². The van der Waals surface area contributed by atoms with Crippen LogP contribution in [-0.2, 0) is 14.6 Å². The van der Waals surface area contributed by atoms with Crippen LogP contribution in [0.15, 0.2) is 23.2 Å². The van der Waals surface area contributed by atoms with Gasteiger partial charge in [0.1, 0.15) is 5.82 Å². The van der Waals surface area contributed by atoms with Crippen molar-refractivity contribution >= 4 is 33.3 Å². The molecule has 3 N–H and O–H groups in total. The number of hydrogen-bond donors (Lipinski definition) is 2. The highest BCUT2D eigenvalue weighted by Crippen LogP contribution is 2.23. The van der Waals surface area contributed by atoms with E-state index in [1.807, 2.05) is 0 Å². The lowest BCUT2D eigenvalue weighted by Gasteiger charge is -2.23. The van der Waals surface area contributed by atoms with Crippen LogP contribution in [0.5, 0.6) is 0 Å². The van der Waals surface area contributed by atoms with Crippen LogP contribution in [0.25, 0.3) is 0 Å². The first-order chi connectivity index (χ1) is 9.28. The highest BCUT2D eigenvalue weighted by atomic mass is 32.2. The van der Waals surface area contributed by atoms with Gasteiger partial charge in [-0.3, -0.25) is 4.79 Å². The Morgan fingerprint density at radius 2 is 2.30 bits per heavy atom. The number of thioether (sulfide) groups is 1. The Morgan fingerprint density at radius 3 is 2.85 bits per heavy atom. The molecule has 2 heterocycles. The van der Waals surface area contributed by atoms with Gasteiger partial charge in [0, 0.05) is 11.1 Å². The van der Waals surface area contributed by atoms with Crippen LogP contribution in [0, 0.1) is 0 Å². The quantitative estimate of drug-likeness (QED) is 0.782. The summed E-state index contributed by atoms with van der Waals surface area (Å²) < 4.78 is 22.9. The second-order valence-corrected chi connectivity index (χ2v) is 8.39. The second-order valence-electron chi connectivity index (χ2n) is 5.16. The minimum Gasteiger partial charge on any atom is -0.384 e. The van der Waals surface area contributed by atoms with Crippen molar-refractivity contribution in [1.29, 1.82) is 0 Å². The number of sulfone groups is 1. The summed E-state index contributed by atoms with van der Waals surface area (Å²) in [6, 6.07) is 3.47. The summed E-state index contributed by atoms with van der Waals surface area (Å²) in [5.41, 5.74) is 4.83. The van der Waals surface area contributed by atoms with Gasteiger partial charge < -0.3 is 11.1 Å². The Hall–Kier alpha value is -1.28. The molecule has 0 saturated carbocycles. The molecule has 1 fully saturated rings. The van der Waals surface area contributed by atoms with Crippen molar-refractivity contribution in [2.24, 2.45) is 0 Å². The molecule has 1 aliphatic rings. The fourth-order valence-electron chi connectivity index (χ4n) is 2.11. The number of nitrogens with zero attached hydrogens (tertiary/aromatic N) is 1. The Morgan fingerprint density at radius 1 is 1.55 bits per heavy atom. The van der Waals surface area contributed by atoms with Crippen LogP contribution < -0.4 is 11.1 Å². The van der Waals surface area contributed by atoms with E-state index in [4.69, 9.17) is 5.73 Å². The molecule has 0 bridgehead atoms. The molecule has 0 radical (unpaired) electrons. The molecule has 8 heteroatoms. The number of carbonyl (C=O) groups is 1. The zero-order valence-corrected chi connectivity index (χ0v) is 12.8. The normalized spacial score (nSPS) is 24.4. The average molecular weight is 315 g/mol. The van der Waals surface area contributed by atoms with Crippen molar-refractivity contribution in [1.82, 2.24) is 10.3 Å². The molecule has 20 heavy (non-hydrogen) atoms. The summed E-state index contributed by atoms with van der Waals surface area (Å²) >= 11 is 1.34. The summed E-state index contributed by atoms with van der Waals surface area (Å²) in [4.78, 5) is 16.7. The predicted octanol–water partition coefficient (Wildman–Crippen LogP) is 0.449. The third-order valence-corrected chi connectivity index (χ3v) is 5.96. The zero-order valence-electron chi connectivity index (χ0n) is 11.1. The lowest BCUT2D eigenvalue weighted by molar-refractivity contribution is -0.120. The van der Waals surface area contributed by atoms with Crippen LogP contribution in [0.3, 0.4) is 0 Å². The first-order valence-electron chi connectivity index (χ1n) is 6.14. The zero-order chi connectivity index (χ0) is 14.8. The number of nitrogens with two attached hydrogens (primary N) is 1. The van der Waals surface area contributed by atoms with Gasteiger partial charge in [-0.1, -0.05) is 0 Å². The maximum Gasteiger partial charge on any atom is 0.230 e. The molecule has 1 atom stereocenters. The monoisotopic (exact) mass is 315 g/mol. The third-order valence-electron chi connectivity index (χ3n) is 3.07. The van der Waals surface area contributed by atoms with E-state index >= 15 is 0 Å². The molecule has 110 valence electrons. The van der Waals surface area contributed by atoms with Gasteiger partial charge in [0.15, 0.2) is 9.84 Å². The number of amides is 1. The van der Waals surface area contributed by atoms with Gasteiger partial charge >= 0.3 is 0 Å². The molecular weight excluding hydrogens is 298 g/mol. The van der Waals surface area contributed by atoms with Gasteiger partial charge in [-0.15, -0.1) is 11.8 Å². The number of nitrogen functional groups attached to an aromatic ring is 1. The Labute approximate surface area is 122 Å². The number of aromatic nitrogens is 1. The maximum absolute atomic E-state index is 11.9. The fourth-order valence-corrected chi connectivity index (χ4v) is 4.86. The van der Waals surface area contributed by atoms with Crippen LogP contribution >= 0.6 is 11.8 Å². The molecule has 2 rings (SSSR count). The minimum absolute atomic E-state index is 0.0137. The fraction of sp³-hybridized carbons (Fsp3) is 0.500. The number of carbonyl (C=O) groups excluding carboxylic acids is 1. The molecule has 1 aromatic heterocycles. The summed E-state index contributed by atoms with van der Waals surface area (Å²) in [6.07, 6.45) is 2.07. The van der Waals surface area contributed by atoms with E-state index in [0.29, 0.717) is 12.2 Å². The SMILES string of the molecule is CC1(NC(=O)CSc2ccc(N)nc2)CCS(=O)(=O)C1. The van der Waals surface area contributed by atoms with Crippen molar-refractivity contribution in [3.05, 3.63) is 18.3 Å². The van der Waals surface area contributed by atoms with Gasteiger partial charge in [-0.2, -0.15) is 0 Å². The predicted molar refractivity (Wildman–Crippen MR) is 79.2 cm³/mol. The highest BCUT2D eigenvalue weighted by Gasteiger charge is 2.39. The molecule has 1 unspecified atom stereocenters. The standard InChI is InChI=1S/C12H17N3O3S2/c1-12(4-5-20(17,18)8-12)15-11(16)7-19-9-2-3-10(13)14-6-9/h2-3,6H,4-5,7-8H2,1H3,(H2,13,14)(H,15,16). The van der Waals surface area contributed by atoms with E-state index in [0.717, 1.165) is 4.90 Å². The molecular formula is C12H17N3O3S2. The minimum atomic E-state index is -3.02. The Balaban J connectivity index is 1.85. The Bertz CT molecular complexity index is 601. The van der Waals surface area contributed by atoms with Crippen LogP contribution in [0.4, 0.5) is 5.82 Å². The Kier molecular flexibility index (Phi) is 4.24. The van der Waals surface area contributed by atoms with E-state index in [1.54, 1.807) is 25.3 Å². The van der Waals surface area contributed by atoms with Crippen molar-refractivity contribution in [2.75, 3.05) is 23.0 Å². The molecule has 0 aromatic carbocycles. The highest BCUT2D eigenvalue weighted by molar-refractivity contribution is 8.00. The van der Waals surface area contributed by atoms with Gasteiger partial charge in [-0.05, 0) is 25.5 Å². The van der Waals surface area contributed by atoms with Crippen LogP contribution in [-0.4, -0.2) is 42.1 Å². The molecule has 1 saturated heterocycles. The van der Waals surface area contributed by atoms with Crippen LogP contribution in [0.1, 0.15) is 13.3 Å². The lowest BCUT2D eigenvalue weighted by Crippen LogP contribution is -2.47. The van der Waals surface area contributed by atoms with Gasteiger partial charge in [-0.25, -0.2) is 13.4 Å². The first kappa shape index (κ1) is 15.1. The van der Waals surface area contributed by atoms with Crippen molar-refractivity contribution in [2.45, 2.75) is 23.8 Å². The number of rotatable bonds is 4. The van der Waals surface area contributed by atoms with E-state index in [-0.39, 0.29) is 23.2 Å². The molecule has 1 aromatic rings. The van der Waals surface area contributed by atoms with Gasteiger partial charge in [0.25, 0.3) is 0 Å². The number of hydrogen-bond acceptors (Lipinski definition) is 6. The maximum atomic E-state index is 11.9. The molecule has 6 nitrogen and oxygen atoms in total. The number of nitrogens with one attached hydrogen (secondary N) is 1. The summed E-state index contributed by atoms with van der Waals surface area (Å²) in [6.45, 7) is 1.77. The molecule has 0 spiro atoms. The van der Waals surface area contributed by atoms with Crippen molar-refractivity contribution < 1.29 is 13.2 Å². The molecule has 0 aliphatic carbocycles. The van der Waals surface area contributed by atoms with Crippen LogP contribution in [0.2, 0.25) is 0 Å².